The molecule has 1 aromatic heterocycles. The highest BCUT2D eigenvalue weighted by Gasteiger charge is 2.15. The number of nitro groups is 1. The molecule has 0 fully saturated rings. The predicted octanol–water partition coefficient (Wildman–Crippen LogP) is 2.18. The van der Waals surface area contributed by atoms with Gasteiger partial charge in [-0.15, -0.1) is 5.10 Å². The molecule has 0 unspecified atom stereocenters. The summed E-state index contributed by atoms with van der Waals surface area (Å²) in [7, 11) is 0. The number of ether oxygens (including phenoxy) is 1. The molecule has 0 aliphatic rings. The lowest BCUT2D eigenvalue weighted by atomic mass is 10.2. The van der Waals surface area contributed by atoms with Gasteiger partial charge in [0.2, 0.25) is 0 Å². The van der Waals surface area contributed by atoms with E-state index in [4.69, 9.17) is 9.84 Å². The molecule has 1 N–H and O–H groups in total. The summed E-state index contributed by atoms with van der Waals surface area (Å²) < 4.78 is 5.31. The number of aromatic nitrogens is 2. The van der Waals surface area contributed by atoms with E-state index in [1.54, 1.807) is 6.92 Å². The fourth-order valence-electron chi connectivity index (χ4n) is 1.56. The summed E-state index contributed by atoms with van der Waals surface area (Å²) in [5.74, 6) is -1.13. The number of carboxylic acids is 1. The molecule has 0 saturated heterocycles. The monoisotopic (exact) mass is 275 g/mol. The van der Waals surface area contributed by atoms with Gasteiger partial charge >= 0.3 is 5.97 Å². The number of hydrogen-bond acceptors (Lipinski definition) is 6. The molecule has 1 aromatic carbocycles. The molecule has 0 atom stereocenters. The third-order valence-electron chi connectivity index (χ3n) is 2.50. The van der Waals surface area contributed by atoms with Crippen LogP contribution in [-0.4, -0.2) is 26.2 Å². The predicted molar refractivity (Wildman–Crippen MR) is 66.9 cm³/mol. The van der Waals surface area contributed by atoms with Crippen LogP contribution in [0.25, 0.3) is 0 Å². The van der Waals surface area contributed by atoms with Gasteiger partial charge < -0.3 is 9.84 Å². The molecule has 1 heterocycles. The second-order valence-corrected chi connectivity index (χ2v) is 3.86. The number of aromatic carboxylic acids is 1. The highest BCUT2D eigenvalue weighted by atomic mass is 16.6. The molecule has 0 aliphatic heterocycles. The third kappa shape index (κ3) is 2.69. The number of carbonyl (C=O) groups is 1. The Balaban J connectivity index is 2.34. The largest absolute Gasteiger partial charge is 0.477 e. The second-order valence-electron chi connectivity index (χ2n) is 3.86. The lowest BCUT2D eigenvalue weighted by Crippen LogP contribution is -2.03. The van der Waals surface area contributed by atoms with Gasteiger partial charge in [0.25, 0.3) is 11.6 Å². The van der Waals surface area contributed by atoms with Crippen LogP contribution < -0.4 is 4.74 Å². The zero-order chi connectivity index (χ0) is 14.7. The number of nitro benzene ring substituents is 1. The lowest BCUT2D eigenvalue weighted by Gasteiger charge is -2.07. The summed E-state index contributed by atoms with van der Waals surface area (Å²) in [6.07, 6.45) is 1.23. The van der Waals surface area contributed by atoms with Crippen molar-refractivity contribution in [3.63, 3.8) is 0 Å². The van der Waals surface area contributed by atoms with Crippen molar-refractivity contribution in [1.29, 1.82) is 0 Å². The van der Waals surface area contributed by atoms with E-state index < -0.39 is 10.9 Å². The summed E-state index contributed by atoms with van der Waals surface area (Å²) in [5.41, 5.74) is 0.208. The molecule has 2 rings (SSSR count). The molecule has 20 heavy (non-hydrogen) atoms. The van der Waals surface area contributed by atoms with E-state index in [-0.39, 0.29) is 22.9 Å². The number of carboxylic acid groups (broad SMARTS) is 1. The summed E-state index contributed by atoms with van der Waals surface area (Å²) in [5, 5.41) is 26.8. The van der Waals surface area contributed by atoms with E-state index in [0.29, 0.717) is 5.56 Å². The van der Waals surface area contributed by atoms with Crippen molar-refractivity contribution in [3.05, 3.63) is 51.7 Å². The Morgan fingerprint density at radius 2 is 2.15 bits per heavy atom. The second kappa shape index (κ2) is 5.31. The Bertz CT molecular complexity index is 687. The van der Waals surface area contributed by atoms with Gasteiger partial charge in [0, 0.05) is 11.6 Å². The summed E-state index contributed by atoms with van der Waals surface area (Å²) in [6, 6.07) is 5.33. The summed E-state index contributed by atoms with van der Waals surface area (Å²) >= 11 is 0. The molecule has 0 aliphatic carbocycles. The SMILES string of the molecule is Cc1cc(Oc2nnccc2C(=O)O)ccc1[N+](=O)[O-]. The van der Waals surface area contributed by atoms with Crippen molar-refractivity contribution in [2.24, 2.45) is 0 Å². The highest BCUT2D eigenvalue weighted by Crippen LogP contribution is 2.27. The van der Waals surface area contributed by atoms with Gasteiger partial charge in [-0.25, -0.2) is 4.79 Å². The molecular formula is C12H9N3O5. The van der Waals surface area contributed by atoms with Crippen LogP contribution in [0.4, 0.5) is 5.69 Å². The van der Waals surface area contributed by atoms with Crippen LogP contribution in [0.15, 0.2) is 30.5 Å². The first-order valence-electron chi connectivity index (χ1n) is 5.47. The highest BCUT2D eigenvalue weighted by molar-refractivity contribution is 5.90. The third-order valence-corrected chi connectivity index (χ3v) is 2.50. The quantitative estimate of drug-likeness (QED) is 0.671. The fourth-order valence-corrected chi connectivity index (χ4v) is 1.56. The normalized spacial score (nSPS) is 10.1. The zero-order valence-corrected chi connectivity index (χ0v) is 10.3. The van der Waals surface area contributed by atoms with Gasteiger partial charge in [0.05, 0.1) is 11.1 Å². The zero-order valence-electron chi connectivity index (χ0n) is 10.3. The smallest absolute Gasteiger partial charge is 0.341 e. The van der Waals surface area contributed by atoms with Crippen LogP contribution in [-0.2, 0) is 0 Å². The van der Waals surface area contributed by atoms with E-state index in [1.807, 2.05) is 0 Å². The molecule has 0 saturated carbocycles. The standard InChI is InChI=1S/C12H9N3O5/c1-7-6-8(2-3-10(7)15(18)19)20-11-9(12(16)17)4-5-13-14-11/h2-6H,1H3,(H,16,17). The Morgan fingerprint density at radius 1 is 1.40 bits per heavy atom. The number of aryl methyl sites for hydroxylation is 1. The first kappa shape index (κ1) is 13.4. The Hall–Kier alpha value is -3.03. The first-order valence-corrected chi connectivity index (χ1v) is 5.47. The average molecular weight is 275 g/mol. The van der Waals surface area contributed by atoms with Crippen LogP contribution in [0.3, 0.4) is 0 Å². The summed E-state index contributed by atoms with van der Waals surface area (Å²) in [4.78, 5) is 21.2. The maximum Gasteiger partial charge on any atom is 0.341 e. The van der Waals surface area contributed by atoms with E-state index in [2.05, 4.69) is 10.2 Å². The van der Waals surface area contributed by atoms with Crippen LogP contribution in [0, 0.1) is 17.0 Å². The van der Waals surface area contributed by atoms with Gasteiger partial charge in [-0.1, -0.05) is 0 Å². The molecule has 0 amide bonds. The molecule has 0 spiro atoms. The summed E-state index contributed by atoms with van der Waals surface area (Å²) in [6.45, 7) is 1.56. The first-order chi connectivity index (χ1) is 9.49. The molecule has 102 valence electrons. The minimum absolute atomic E-state index is 0.0463. The molecule has 0 bridgehead atoms. The van der Waals surface area contributed by atoms with Gasteiger partial charge in [0.1, 0.15) is 11.3 Å². The van der Waals surface area contributed by atoms with Crippen molar-refractivity contribution in [2.75, 3.05) is 0 Å². The van der Waals surface area contributed by atoms with E-state index in [9.17, 15) is 14.9 Å². The van der Waals surface area contributed by atoms with Gasteiger partial charge in [-0.05, 0) is 25.1 Å². The number of benzene rings is 1. The molecule has 8 heteroatoms. The van der Waals surface area contributed by atoms with E-state index in [1.165, 1.54) is 30.5 Å². The van der Waals surface area contributed by atoms with Gasteiger partial charge in [-0.3, -0.25) is 10.1 Å². The maximum atomic E-state index is 11.0. The van der Waals surface area contributed by atoms with Gasteiger partial charge in [0.15, 0.2) is 0 Å². The minimum Gasteiger partial charge on any atom is -0.477 e. The Morgan fingerprint density at radius 3 is 2.75 bits per heavy atom. The lowest BCUT2D eigenvalue weighted by molar-refractivity contribution is -0.385. The number of rotatable bonds is 4. The van der Waals surface area contributed by atoms with E-state index >= 15 is 0 Å². The maximum absolute atomic E-state index is 11.0. The minimum atomic E-state index is -1.20. The van der Waals surface area contributed by atoms with Crippen LogP contribution in [0.2, 0.25) is 0 Å². The molecule has 2 aromatic rings. The molecular weight excluding hydrogens is 266 g/mol. The number of nitrogens with zero attached hydrogens (tertiary/aromatic N) is 3. The van der Waals surface area contributed by atoms with Crippen LogP contribution in [0.5, 0.6) is 11.6 Å². The van der Waals surface area contributed by atoms with Crippen LogP contribution in [0.1, 0.15) is 15.9 Å². The van der Waals surface area contributed by atoms with Crippen molar-refractivity contribution in [3.8, 4) is 11.6 Å². The van der Waals surface area contributed by atoms with Gasteiger partial charge in [-0.2, -0.15) is 5.10 Å². The molecule has 8 nitrogen and oxygen atoms in total. The number of hydrogen-bond donors (Lipinski definition) is 1. The van der Waals surface area contributed by atoms with Crippen molar-refractivity contribution < 1.29 is 19.6 Å². The van der Waals surface area contributed by atoms with Crippen molar-refractivity contribution >= 4 is 11.7 Å². The average Bonchev–Trinajstić information content (AvgIpc) is 2.38. The van der Waals surface area contributed by atoms with E-state index in [0.717, 1.165) is 0 Å². The molecule has 0 radical (unpaired) electrons. The fraction of sp³-hybridized carbons (Fsp3) is 0.0833. The Kier molecular flexibility index (Phi) is 3.56. The van der Waals surface area contributed by atoms with Crippen LogP contribution >= 0.6 is 0 Å². The Labute approximate surface area is 112 Å². The van der Waals surface area contributed by atoms with Crippen molar-refractivity contribution in [1.82, 2.24) is 10.2 Å². The topological polar surface area (TPSA) is 115 Å². The van der Waals surface area contributed by atoms with Crippen molar-refractivity contribution in [2.45, 2.75) is 6.92 Å².